The van der Waals surface area contributed by atoms with Gasteiger partial charge >= 0.3 is 11.6 Å². The van der Waals surface area contributed by atoms with Crippen LogP contribution in [-0.2, 0) is 16.1 Å². The number of hydrogen-bond donors (Lipinski definition) is 0. The van der Waals surface area contributed by atoms with Gasteiger partial charge in [0.05, 0.1) is 13.0 Å². The Morgan fingerprint density at radius 3 is 2.71 bits per heavy atom. The molecule has 0 aliphatic heterocycles. The third-order valence-corrected chi connectivity index (χ3v) is 4.35. The van der Waals surface area contributed by atoms with Gasteiger partial charge in [-0.05, 0) is 23.8 Å². The summed E-state index contributed by atoms with van der Waals surface area (Å²) >= 11 is 0. The van der Waals surface area contributed by atoms with Gasteiger partial charge in [-0.3, -0.25) is 14.6 Å². The summed E-state index contributed by atoms with van der Waals surface area (Å²) in [5, 5.41) is 0.646. The number of carbonyl (C=O) groups is 2. The van der Waals surface area contributed by atoms with Crippen LogP contribution in [-0.4, -0.2) is 35.4 Å². The monoisotopic (exact) mass is 380 g/mol. The van der Waals surface area contributed by atoms with Crippen molar-refractivity contribution in [3.05, 3.63) is 76.4 Å². The molecule has 0 fully saturated rings. The molecule has 0 N–H and O–H groups in total. The Hall–Kier alpha value is -3.48. The molecule has 1 aromatic carbocycles. The lowest BCUT2D eigenvalue weighted by Gasteiger charge is -2.25. The molecule has 7 nitrogen and oxygen atoms in total. The van der Waals surface area contributed by atoms with Gasteiger partial charge < -0.3 is 14.1 Å². The fourth-order valence-corrected chi connectivity index (χ4v) is 2.92. The van der Waals surface area contributed by atoms with E-state index in [0.717, 1.165) is 5.56 Å². The Morgan fingerprint density at radius 2 is 2.00 bits per heavy atom. The molecule has 144 valence electrons. The summed E-state index contributed by atoms with van der Waals surface area (Å²) in [6.07, 6.45) is 3.26. The molecule has 2 aromatic heterocycles. The number of aromatic nitrogens is 1. The third-order valence-electron chi connectivity index (χ3n) is 4.35. The molecule has 1 atom stereocenters. The van der Waals surface area contributed by atoms with Crippen molar-refractivity contribution >= 4 is 22.8 Å². The van der Waals surface area contributed by atoms with E-state index < -0.39 is 23.4 Å². The normalized spacial score (nSPS) is 11.8. The highest BCUT2D eigenvalue weighted by Crippen LogP contribution is 2.16. The molecule has 0 bridgehead atoms. The number of hydrogen-bond acceptors (Lipinski definition) is 6. The van der Waals surface area contributed by atoms with Crippen molar-refractivity contribution in [1.29, 1.82) is 0 Å². The Morgan fingerprint density at radius 1 is 1.21 bits per heavy atom. The highest BCUT2D eigenvalue weighted by molar-refractivity contribution is 5.96. The molecule has 1 unspecified atom stereocenters. The number of para-hydroxylation sites is 1. The van der Waals surface area contributed by atoms with E-state index in [1.165, 1.54) is 18.1 Å². The van der Waals surface area contributed by atoms with E-state index in [4.69, 9.17) is 9.15 Å². The van der Waals surface area contributed by atoms with Crippen LogP contribution >= 0.6 is 0 Å². The molecule has 0 aliphatic carbocycles. The standard InChI is InChI=1S/C21H20N2O5/c1-14(20(25)27-2)12-23(13-15-6-5-9-22-11-15)19(24)17-10-16-7-3-4-8-18(16)28-21(17)26/h3-11,14H,12-13H2,1-2H3. The summed E-state index contributed by atoms with van der Waals surface area (Å²) in [5.74, 6) is -1.51. The van der Waals surface area contributed by atoms with Crippen molar-refractivity contribution in [2.75, 3.05) is 13.7 Å². The number of nitrogens with zero attached hydrogens (tertiary/aromatic N) is 2. The number of carbonyl (C=O) groups excluding carboxylic acids is 2. The molecule has 2 heterocycles. The smallest absolute Gasteiger partial charge is 0.349 e. The number of pyridine rings is 1. The van der Waals surface area contributed by atoms with Gasteiger partial charge in [0, 0.05) is 30.9 Å². The molecular weight excluding hydrogens is 360 g/mol. The van der Waals surface area contributed by atoms with Crippen LogP contribution in [0.4, 0.5) is 0 Å². The lowest BCUT2D eigenvalue weighted by molar-refractivity contribution is -0.145. The quantitative estimate of drug-likeness (QED) is 0.482. The van der Waals surface area contributed by atoms with Gasteiger partial charge in [-0.25, -0.2) is 4.79 Å². The second-order valence-corrected chi connectivity index (χ2v) is 6.46. The van der Waals surface area contributed by atoms with E-state index in [1.807, 2.05) is 6.07 Å². The summed E-state index contributed by atoms with van der Waals surface area (Å²) in [6.45, 7) is 1.95. The molecule has 0 saturated heterocycles. The van der Waals surface area contributed by atoms with Crippen molar-refractivity contribution < 1.29 is 18.7 Å². The van der Waals surface area contributed by atoms with Crippen LogP contribution in [0, 0.1) is 5.92 Å². The van der Waals surface area contributed by atoms with Gasteiger partial charge in [0.15, 0.2) is 0 Å². The average molecular weight is 380 g/mol. The zero-order valence-corrected chi connectivity index (χ0v) is 15.6. The third kappa shape index (κ3) is 4.25. The Balaban J connectivity index is 1.96. The van der Waals surface area contributed by atoms with Crippen molar-refractivity contribution in [2.45, 2.75) is 13.5 Å². The Bertz CT molecular complexity index is 1050. The summed E-state index contributed by atoms with van der Waals surface area (Å²) in [5.41, 5.74) is 0.383. The van der Waals surface area contributed by atoms with Crippen LogP contribution < -0.4 is 5.63 Å². The molecule has 0 saturated carbocycles. The topological polar surface area (TPSA) is 89.7 Å². The van der Waals surface area contributed by atoms with Crippen molar-refractivity contribution in [3.8, 4) is 0 Å². The first-order valence-electron chi connectivity index (χ1n) is 8.78. The summed E-state index contributed by atoms with van der Waals surface area (Å²) in [4.78, 5) is 42.9. The van der Waals surface area contributed by atoms with Crippen LogP contribution in [0.3, 0.4) is 0 Å². The number of esters is 1. The second-order valence-electron chi connectivity index (χ2n) is 6.46. The summed E-state index contributed by atoms with van der Waals surface area (Å²) < 4.78 is 10.0. The minimum atomic E-state index is -0.717. The Kier molecular flexibility index (Phi) is 5.84. The average Bonchev–Trinajstić information content (AvgIpc) is 2.72. The maximum atomic E-state index is 13.2. The molecule has 1 amide bonds. The molecule has 3 rings (SSSR count). The predicted octanol–water partition coefficient (Wildman–Crippen LogP) is 2.64. The van der Waals surface area contributed by atoms with Gasteiger partial charge in [-0.15, -0.1) is 0 Å². The molecule has 0 radical (unpaired) electrons. The van der Waals surface area contributed by atoms with Crippen LogP contribution in [0.2, 0.25) is 0 Å². The number of rotatable bonds is 6. The van der Waals surface area contributed by atoms with Crippen LogP contribution in [0.15, 0.2) is 64.1 Å². The SMILES string of the molecule is COC(=O)C(C)CN(Cc1cccnc1)C(=O)c1cc2ccccc2oc1=O. The summed E-state index contributed by atoms with van der Waals surface area (Å²) in [7, 11) is 1.30. The highest BCUT2D eigenvalue weighted by Gasteiger charge is 2.25. The highest BCUT2D eigenvalue weighted by atomic mass is 16.5. The van der Waals surface area contributed by atoms with Gasteiger partial charge in [-0.2, -0.15) is 0 Å². The van der Waals surface area contributed by atoms with E-state index in [0.29, 0.717) is 11.0 Å². The minimum Gasteiger partial charge on any atom is -0.469 e. The van der Waals surface area contributed by atoms with Crippen molar-refractivity contribution in [2.24, 2.45) is 5.92 Å². The number of methoxy groups -OCH3 is 1. The van der Waals surface area contributed by atoms with Crippen molar-refractivity contribution in [3.63, 3.8) is 0 Å². The van der Waals surface area contributed by atoms with Gasteiger partial charge in [0.25, 0.3) is 5.91 Å². The van der Waals surface area contributed by atoms with E-state index in [9.17, 15) is 14.4 Å². The maximum absolute atomic E-state index is 13.2. The van der Waals surface area contributed by atoms with Crippen LogP contribution in [0.1, 0.15) is 22.8 Å². The number of benzene rings is 1. The first kappa shape index (κ1) is 19.3. The Labute approximate surface area is 161 Å². The largest absolute Gasteiger partial charge is 0.469 e. The van der Waals surface area contributed by atoms with Crippen LogP contribution in [0.5, 0.6) is 0 Å². The first-order chi connectivity index (χ1) is 13.5. The molecule has 7 heteroatoms. The van der Waals surface area contributed by atoms with E-state index in [-0.39, 0.29) is 18.7 Å². The van der Waals surface area contributed by atoms with Gasteiger partial charge in [-0.1, -0.05) is 31.2 Å². The molecule has 28 heavy (non-hydrogen) atoms. The second kappa shape index (κ2) is 8.47. The molecule has 0 spiro atoms. The van der Waals surface area contributed by atoms with E-state index in [1.54, 1.807) is 49.6 Å². The van der Waals surface area contributed by atoms with E-state index >= 15 is 0 Å². The van der Waals surface area contributed by atoms with Gasteiger partial charge in [0.1, 0.15) is 11.1 Å². The molecule has 3 aromatic rings. The molecule has 0 aliphatic rings. The number of fused-ring (bicyclic) bond motifs is 1. The zero-order chi connectivity index (χ0) is 20.1. The van der Waals surface area contributed by atoms with Crippen LogP contribution in [0.25, 0.3) is 11.0 Å². The van der Waals surface area contributed by atoms with E-state index in [2.05, 4.69) is 4.98 Å². The predicted molar refractivity (Wildman–Crippen MR) is 103 cm³/mol. The number of ether oxygens (including phenoxy) is 1. The fraction of sp³-hybridized carbons (Fsp3) is 0.238. The number of amides is 1. The maximum Gasteiger partial charge on any atom is 0.349 e. The minimum absolute atomic E-state index is 0.0837. The lowest BCUT2D eigenvalue weighted by atomic mass is 10.1. The fourth-order valence-electron chi connectivity index (χ4n) is 2.92. The summed E-state index contributed by atoms with van der Waals surface area (Å²) in [6, 6.07) is 12.1. The lowest BCUT2D eigenvalue weighted by Crippen LogP contribution is -2.38. The first-order valence-corrected chi connectivity index (χ1v) is 8.78. The van der Waals surface area contributed by atoms with Gasteiger partial charge in [0.2, 0.25) is 0 Å². The zero-order valence-electron chi connectivity index (χ0n) is 15.6. The molecular formula is C21H20N2O5. The van der Waals surface area contributed by atoms with Crippen molar-refractivity contribution in [1.82, 2.24) is 9.88 Å².